The van der Waals surface area contributed by atoms with Gasteiger partial charge in [-0.25, -0.2) is 0 Å². The van der Waals surface area contributed by atoms with E-state index in [1.165, 1.54) is 64.2 Å². The average Bonchev–Trinajstić information content (AvgIpc) is 3.29. The zero-order valence-corrected chi connectivity index (χ0v) is 21.9. The van der Waals surface area contributed by atoms with Crippen LogP contribution in [0.15, 0.2) is 0 Å². The highest BCUT2D eigenvalue weighted by molar-refractivity contribution is 7.85. The van der Waals surface area contributed by atoms with Gasteiger partial charge in [0.2, 0.25) is 0 Å². The molecule has 0 radical (unpaired) electrons. The fraction of sp³-hybridized carbons (Fsp3) is 1.00. The van der Waals surface area contributed by atoms with Crippen LogP contribution >= 0.6 is 0 Å². The first-order valence-corrected chi connectivity index (χ1v) is 15.2. The molecule has 0 aromatic rings. The summed E-state index contributed by atoms with van der Waals surface area (Å²) in [6.07, 6.45) is 17.3. The third-order valence-electron chi connectivity index (χ3n) is 11.7. The van der Waals surface area contributed by atoms with Crippen LogP contribution in [0.4, 0.5) is 0 Å². The summed E-state index contributed by atoms with van der Waals surface area (Å²) in [4.78, 5) is -0.260. The topological polar surface area (TPSA) is 29.6 Å². The van der Waals surface area contributed by atoms with E-state index in [1.54, 1.807) is 0 Å². The predicted molar refractivity (Wildman–Crippen MR) is 130 cm³/mol. The van der Waals surface area contributed by atoms with Crippen molar-refractivity contribution < 1.29 is 8.95 Å². The fourth-order valence-electron chi connectivity index (χ4n) is 9.91. The van der Waals surface area contributed by atoms with E-state index in [0.717, 1.165) is 47.8 Å². The van der Waals surface area contributed by atoms with Crippen molar-refractivity contribution in [3.63, 3.8) is 0 Å². The maximum atomic E-state index is 12.4. The molecule has 5 aliphatic rings. The van der Waals surface area contributed by atoms with Crippen molar-refractivity contribution in [3.05, 3.63) is 0 Å². The Bertz CT molecular complexity index is 720. The Morgan fingerprint density at radius 3 is 2.39 bits per heavy atom. The lowest BCUT2D eigenvalue weighted by molar-refractivity contribution is -0.111. The Hall–Kier alpha value is 0.110. The molecule has 0 amide bonds. The average molecular weight is 449 g/mol. The van der Waals surface area contributed by atoms with Crippen molar-refractivity contribution in [2.24, 2.45) is 52.3 Å². The maximum Gasteiger partial charge on any atom is 0.169 e. The summed E-state index contributed by atoms with van der Waals surface area (Å²) in [7, 11) is -0.836. The smallest absolute Gasteiger partial charge is 0.169 e. The van der Waals surface area contributed by atoms with Gasteiger partial charge in [-0.15, -0.1) is 0 Å². The van der Waals surface area contributed by atoms with Crippen LogP contribution in [0.25, 0.3) is 0 Å². The first-order valence-electron chi connectivity index (χ1n) is 13.6. The molecule has 11 atom stereocenters. The monoisotopic (exact) mass is 448 g/mol. The Balaban J connectivity index is 1.30. The van der Waals surface area contributed by atoms with Gasteiger partial charge in [0.15, 0.2) is 4.93 Å². The molecular formula is C28H48O2S. The van der Waals surface area contributed by atoms with E-state index in [9.17, 15) is 4.21 Å². The largest absolute Gasteiger partial charge is 0.352 e. The molecule has 0 bridgehead atoms. The highest BCUT2D eigenvalue weighted by atomic mass is 32.2. The molecule has 0 spiro atoms. The van der Waals surface area contributed by atoms with Gasteiger partial charge < -0.3 is 4.74 Å². The van der Waals surface area contributed by atoms with Crippen LogP contribution in [-0.2, 0) is 15.5 Å². The second kappa shape index (κ2) is 7.82. The number of hydrogen-bond donors (Lipinski definition) is 0. The molecule has 4 saturated carbocycles. The Morgan fingerprint density at radius 2 is 1.68 bits per heavy atom. The van der Waals surface area contributed by atoms with Crippen LogP contribution in [0.3, 0.4) is 0 Å². The lowest BCUT2D eigenvalue weighted by Gasteiger charge is -2.60. The Labute approximate surface area is 194 Å². The van der Waals surface area contributed by atoms with E-state index >= 15 is 0 Å². The van der Waals surface area contributed by atoms with Crippen molar-refractivity contribution in [3.8, 4) is 0 Å². The molecule has 5 rings (SSSR count). The number of rotatable bonds is 6. The zero-order chi connectivity index (χ0) is 22.2. The van der Waals surface area contributed by atoms with E-state index < -0.39 is 10.8 Å². The summed E-state index contributed by atoms with van der Waals surface area (Å²) < 4.78 is 18.6. The van der Waals surface area contributed by atoms with Gasteiger partial charge in [0, 0.05) is 6.26 Å². The summed E-state index contributed by atoms with van der Waals surface area (Å²) >= 11 is 0. The van der Waals surface area contributed by atoms with Gasteiger partial charge >= 0.3 is 0 Å². The maximum absolute atomic E-state index is 12.4. The summed E-state index contributed by atoms with van der Waals surface area (Å²) in [6.45, 7) is 12.6. The summed E-state index contributed by atoms with van der Waals surface area (Å²) in [5.74, 6) is 6.19. The third-order valence-corrected chi connectivity index (χ3v) is 13.2. The minimum Gasteiger partial charge on any atom is -0.352 e. The number of epoxide rings is 1. The molecular weight excluding hydrogens is 400 g/mol. The first kappa shape index (κ1) is 22.9. The summed E-state index contributed by atoms with van der Waals surface area (Å²) in [5.41, 5.74) is 1.01. The van der Waals surface area contributed by atoms with Crippen molar-refractivity contribution in [2.75, 3.05) is 6.26 Å². The van der Waals surface area contributed by atoms with Crippen LogP contribution in [-0.4, -0.2) is 21.5 Å². The van der Waals surface area contributed by atoms with Gasteiger partial charge in [-0.1, -0.05) is 53.9 Å². The van der Waals surface area contributed by atoms with E-state index in [4.69, 9.17) is 4.74 Å². The molecule has 1 saturated heterocycles. The van der Waals surface area contributed by atoms with Crippen molar-refractivity contribution >= 4 is 10.8 Å². The SMILES string of the molecule is CC(C)CCC[C@@H](C)[C@H]1CC[C@H]2[C@@H]3CC[C@H]4C[C@@]5(S(C)=O)O[C@H]5C[C@]4(C)[C@H]3CC[C@]12C. The Kier molecular flexibility index (Phi) is 5.77. The molecule has 31 heavy (non-hydrogen) atoms. The molecule has 1 heterocycles. The molecule has 4 aliphatic carbocycles. The number of hydrogen-bond acceptors (Lipinski definition) is 2. The molecule has 178 valence electrons. The van der Waals surface area contributed by atoms with E-state index in [0.29, 0.717) is 10.8 Å². The molecule has 0 N–H and O–H groups in total. The summed E-state index contributed by atoms with van der Waals surface area (Å²) in [5, 5.41) is 0. The molecule has 5 fully saturated rings. The lowest BCUT2D eigenvalue weighted by Crippen LogP contribution is -2.55. The molecule has 0 aromatic heterocycles. The van der Waals surface area contributed by atoms with E-state index in [-0.39, 0.29) is 11.0 Å². The van der Waals surface area contributed by atoms with Crippen LogP contribution < -0.4 is 0 Å². The van der Waals surface area contributed by atoms with E-state index in [1.807, 2.05) is 6.26 Å². The van der Waals surface area contributed by atoms with Crippen LogP contribution in [0, 0.1) is 52.3 Å². The van der Waals surface area contributed by atoms with Gasteiger partial charge in [-0.2, -0.15) is 0 Å². The van der Waals surface area contributed by atoms with Crippen molar-refractivity contribution in [1.29, 1.82) is 0 Å². The Morgan fingerprint density at radius 1 is 0.935 bits per heavy atom. The first-order chi connectivity index (χ1) is 14.6. The van der Waals surface area contributed by atoms with Crippen molar-refractivity contribution in [2.45, 2.75) is 116 Å². The van der Waals surface area contributed by atoms with Crippen LogP contribution in [0.1, 0.15) is 105 Å². The van der Waals surface area contributed by atoms with Crippen LogP contribution in [0.5, 0.6) is 0 Å². The van der Waals surface area contributed by atoms with E-state index in [2.05, 4.69) is 34.6 Å². The minimum absolute atomic E-state index is 0.260. The highest BCUT2D eigenvalue weighted by Crippen LogP contribution is 2.71. The number of ether oxygens (including phenoxy) is 1. The second-order valence-corrected chi connectivity index (χ2v) is 15.1. The number of fused-ring (bicyclic) bond motifs is 6. The van der Waals surface area contributed by atoms with Crippen molar-refractivity contribution in [1.82, 2.24) is 0 Å². The fourth-order valence-corrected chi connectivity index (χ4v) is 11.1. The summed E-state index contributed by atoms with van der Waals surface area (Å²) in [6, 6.07) is 0. The van der Waals surface area contributed by atoms with Gasteiger partial charge in [-0.05, 0) is 104 Å². The third kappa shape index (κ3) is 3.44. The van der Waals surface area contributed by atoms with Gasteiger partial charge in [0.05, 0.1) is 10.8 Å². The molecule has 0 aromatic carbocycles. The molecule has 2 nitrogen and oxygen atoms in total. The van der Waals surface area contributed by atoms with Gasteiger partial charge in [0.25, 0.3) is 0 Å². The quantitative estimate of drug-likeness (QED) is 0.402. The molecule has 1 unspecified atom stereocenters. The standard InChI is InChI=1S/C28H48O2S/c1-18(2)8-7-9-19(3)22-12-13-23-21-11-10-20-16-28(31(6)29)25(30-28)17-27(20,5)24(21)14-15-26(22,23)4/h18-25H,7-17H2,1-6H3/t19-,20+,21+,22-,23+,24+,25+,26-,27+,28+,31?/m1/s1. The normalized spacial score (nSPS) is 52.6. The zero-order valence-electron chi connectivity index (χ0n) is 21.1. The molecule has 1 aliphatic heterocycles. The second-order valence-electron chi connectivity index (χ2n) is 13.5. The molecule has 3 heteroatoms. The lowest BCUT2D eigenvalue weighted by atomic mass is 9.44. The van der Waals surface area contributed by atoms with Crippen LogP contribution in [0.2, 0.25) is 0 Å². The van der Waals surface area contributed by atoms with Gasteiger partial charge in [-0.3, -0.25) is 4.21 Å². The predicted octanol–water partition coefficient (Wildman–Crippen LogP) is 7.19. The van der Waals surface area contributed by atoms with Gasteiger partial charge in [0.1, 0.15) is 6.10 Å². The minimum atomic E-state index is -0.836. The highest BCUT2D eigenvalue weighted by Gasteiger charge is 2.70.